The van der Waals surface area contributed by atoms with Crippen LogP contribution in [0.5, 0.6) is 0 Å². The molecule has 1 aromatic heterocycles. The van der Waals surface area contributed by atoms with Crippen LogP contribution in [0.3, 0.4) is 0 Å². The average Bonchev–Trinajstić information content (AvgIpc) is 2.37. The highest BCUT2D eigenvalue weighted by molar-refractivity contribution is 7.98. The van der Waals surface area contributed by atoms with E-state index in [-0.39, 0.29) is 0 Å². The second kappa shape index (κ2) is 5.54. The van der Waals surface area contributed by atoms with Crippen molar-refractivity contribution in [2.24, 2.45) is 0 Å². The van der Waals surface area contributed by atoms with E-state index in [9.17, 15) is 14.5 Å². The van der Waals surface area contributed by atoms with E-state index in [2.05, 4.69) is 9.97 Å². The van der Waals surface area contributed by atoms with Gasteiger partial charge in [0.25, 0.3) is 0 Å². The monoisotopic (exact) mass is 265 g/mol. The van der Waals surface area contributed by atoms with Crippen LogP contribution >= 0.6 is 11.8 Å². The Morgan fingerprint density at radius 2 is 2.22 bits per heavy atom. The Balaban J connectivity index is 2.07. The molecule has 0 aliphatic carbocycles. The molecular formula is C11H8FN3O2S. The summed E-state index contributed by atoms with van der Waals surface area (Å²) < 4.78 is 13.4. The van der Waals surface area contributed by atoms with Crippen molar-refractivity contribution in [2.45, 2.75) is 10.8 Å². The van der Waals surface area contributed by atoms with Crippen LogP contribution in [0.4, 0.5) is 10.1 Å². The number of hydrogen-bond donors (Lipinski definition) is 0. The standard InChI is InChI=1S/C11H8FN3O2S/c12-9-5-8(1-2-10(9)15(16)17)6-18-11-3-4-13-7-14-11/h1-5,7H,6H2. The Kier molecular flexibility index (Phi) is 3.83. The Labute approximate surface area is 106 Å². The maximum absolute atomic E-state index is 13.4. The average molecular weight is 265 g/mol. The summed E-state index contributed by atoms with van der Waals surface area (Å²) >= 11 is 1.41. The van der Waals surface area contributed by atoms with Crippen molar-refractivity contribution in [3.05, 3.63) is 58.3 Å². The van der Waals surface area contributed by atoms with Crippen molar-refractivity contribution in [3.8, 4) is 0 Å². The van der Waals surface area contributed by atoms with Crippen LogP contribution in [0.15, 0.2) is 41.8 Å². The molecule has 0 fully saturated rings. The largest absolute Gasteiger partial charge is 0.304 e. The Bertz CT molecular complexity index is 565. The minimum atomic E-state index is -0.819. The molecule has 0 saturated carbocycles. The second-order valence-electron chi connectivity index (χ2n) is 3.38. The smallest absolute Gasteiger partial charge is 0.258 e. The fraction of sp³-hybridized carbons (Fsp3) is 0.0909. The van der Waals surface area contributed by atoms with Gasteiger partial charge in [0.05, 0.1) is 9.95 Å². The Hall–Kier alpha value is -2.02. The van der Waals surface area contributed by atoms with Crippen molar-refractivity contribution >= 4 is 17.4 Å². The lowest BCUT2D eigenvalue weighted by atomic mass is 10.2. The molecule has 92 valence electrons. The number of benzene rings is 1. The minimum absolute atomic E-state index is 0.492. The predicted octanol–water partition coefficient (Wildman–Crippen LogP) is 2.82. The highest BCUT2D eigenvalue weighted by Gasteiger charge is 2.13. The van der Waals surface area contributed by atoms with Crippen LogP contribution in [0.25, 0.3) is 0 Å². The summed E-state index contributed by atoms with van der Waals surface area (Å²) in [5.74, 6) is -0.327. The third kappa shape index (κ3) is 3.01. The number of halogens is 1. The molecule has 5 nitrogen and oxygen atoms in total. The maximum Gasteiger partial charge on any atom is 0.304 e. The summed E-state index contributed by atoms with van der Waals surface area (Å²) in [6, 6.07) is 5.62. The van der Waals surface area contributed by atoms with Gasteiger partial charge in [0.15, 0.2) is 0 Å². The molecule has 0 saturated heterocycles. The predicted molar refractivity (Wildman–Crippen MR) is 64.6 cm³/mol. The van der Waals surface area contributed by atoms with E-state index < -0.39 is 16.4 Å². The summed E-state index contributed by atoms with van der Waals surface area (Å²) in [5, 5.41) is 11.2. The molecule has 0 atom stereocenters. The van der Waals surface area contributed by atoms with E-state index in [1.165, 1.54) is 36.3 Å². The van der Waals surface area contributed by atoms with E-state index >= 15 is 0 Å². The van der Waals surface area contributed by atoms with E-state index in [0.717, 1.165) is 5.03 Å². The number of thioether (sulfide) groups is 1. The van der Waals surface area contributed by atoms with E-state index in [1.807, 2.05) is 0 Å². The van der Waals surface area contributed by atoms with Crippen LogP contribution in [0.1, 0.15) is 5.56 Å². The van der Waals surface area contributed by atoms with Crippen LogP contribution < -0.4 is 0 Å². The van der Waals surface area contributed by atoms with Gasteiger partial charge in [-0.3, -0.25) is 10.1 Å². The molecule has 0 N–H and O–H groups in total. The molecule has 0 unspecified atom stereocenters. The summed E-state index contributed by atoms with van der Waals surface area (Å²) in [6.07, 6.45) is 3.05. The highest BCUT2D eigenvalue weighted by Crippen LogP contribution is 2.23. The van der Waals surface area contributed by atoms with Gasteiger partial charge in [0.2, 0.25) is 5.82 Å². The van der Waals surface area contributed by atoms with Gasteiger partial charge in [-0.15, -0.1) is 11.8 Å². The van der Waals surface area contributed by atoms with E-state index in [4.69, 9.17) is 0 Å². The Morgan fingerprint density at radius 3 is 2.83 bits per heavy atom. The van der Waals surface area contributed by atoms with Gasteiger partial charge in [0.1, 0.15) is 6.33 Å². The third-order valence-corrected chi connectivity index (χ3v) is 3.17. The van der Waals surface area contributed by atoms with Gasteiger partial charge in [-0.2, -0.15) is 4.39 Å². The van der Waals surface area contributed by atoms with Gasteiger partial charge >= 0.3 is 5.69 Å². The first-order valence-electron chi connectivity index (χ1n) is 4.98. The number of nitro groups is 1. The first kappa shape index (κ1) is 12.4. The lowest BCUT2D eigenvalue weighted by Crippen LogP contribution is -1.93. The number of nitrogens with zero attached hydrogens (tertiary/aromatic N) is 3. The van der Waals surface area contributed by atoms with E-state index in [1.54, 1.807) is 12.3 Å². The molecular weight excluding hydrogens is 257 g/mol. The van der Waals surface area contributed by atoms with Crippen LogP contribution in [-0.2, 0) is 5.75 Å². The van der Waals surface area contributed by atoms with Crippen molar-refractivity contribution in [1.82, 2.24) is 9.97 Å². The normalized spacial score (nSPS) is 10.3. The molecule has 1 aromatic carbocycles. The van der Waals surface area contributed by atoms with Gasteiger partial charge in [-0.05, 0) is 17.7 Å². The number of nitro benzene ring substituents is 1. The highest BCUT2D eigenvalue weighted by atomic mass is 32.2. The lowest BCUT2D eigenvalue weighted by molar-refractivity contribution is -0.387. The van der Waals surface area contributed by atoms with Gasteiger partial charge in [-0.25, -0.2) is 9.97 Å². The zero-order valence-corrected chi connectivity index (χ0v) is 9.93. The summed E-state index contributed by atoms with van der Waals surface area (Å²) in [6.45, 7) is 0. The summed E-state index contributed by atoms with van der Waals surface area (Å²) in [4.78, 5) is 17.5. The van der Waals surface area contributed by atoms with Gasteiger partial charge < -0.3 is 0 Å². The molecule has 0 aliphatic rings. The molecule has 0 radical (unpaired) electrons. The SMILES string of the molecule is O=[N+]([O-])c1ccc(CSc2ccncn2)cc1F. The zero-order valence-electron chi connectivity index (χ0n) is 9.12. The van der Waals surface area contributed by atoms with Crippen LogP contribution in [-0.4, -0.2) is 14.9 Å². The minimum Gasteiger partial charge on any atom is -0.258 e. The Morgan fingerprint density at radius 1 is 1.39 bits per heavy atom. The van der Waals surface area contributed by atoms with Crippen molar-refractivity contribution in [3.63, 3.8) is 0 Å². The summed E-state index contributed by atoms with van der Waals surface area (Å²) in [5.41, 5.74) is 0.160. The van der Waals surface area contributed by atoms with Crippen molar-refractivity contribution in [1.29, 1.82) is 0 Å². The van der Waals surface area contributed by atoms with Crippen LogP contribution in [0.2, 0.25) is 0 Å². The molecule has 0 spiro atoms. The molecule has 0 aliphatic heterocycles. The van der Waals surface area contributed by atoms with Gasteiger partial charge in [-0.1, -0.05) is 6.07 Å². The fourth-order valence-electron chi connectivity index (χ4n) is 1.31. The fourth-order valence-corrected chi connectivity index (χ4v) is 2.08. The zero-order chi connectivity index (χ0) is 13.0. The topological polar surface area (TPSA) is 68.9 Å². The molecule has 18 heavy (non-hydrogen) atoms. The van der Waals surface area contributed by atoms with Crippen LogP contribution in [0, 0.1) is 15.9 Å². The number of aromatic nitrogens is 2. The second-order valence-corrected chi connectivity index (χ2v) is 4.37. The molecule has 1 heterocycles. The maximum atomic E-state index is 13.4. The number of hydrogen-bond acceptors (Lipinski definition) is 5. The first-order chi connectivity index (χ1) is 8.66. The summed E-state index contributed by atoms with van der Waals surface area (Å²) in [7, 11) is 0. The number of rotatable bonds is 4. The van der Waals surface area contributed by atoms with Crippen molar-refractivity contribution in [2.75, 3.05) is 0 Å². The molecule has 0 bridgehead atoms. The molecule has 0 amide bonds. The molecule has 2 rings (SSSR count). The molecule has 2 aromatic rings. The molecule has 7 heteroatoms. The van der Waals surface area contributed by atoms with Gasteiger partial charge in [0, 0.05) is 18.0 Å². The first-order valence-corrected chi connectivity index (χ1v) is 5.97. The van der Waals surface area contributed by atoms with Crippen molar-refractivity contribution < 1.29 is 9.31 Å². The lowest BCUT2D eigenvalue weighted by Gasteiger charge is -2.01. The van der Waals surface area contributed by atoms with E-state index in [0.29, 0.717) is 11.3 Å². The third-order valence-electron chi connectivity index (χ3n) is 2.15. The quantitative estimate of drug-likeness (QED) is 0.368.